The molecule has 0 saturated heterocycles. The second kappa shape index (κ2) is 17.1. The van der Waals surface area contributed by atoms with Gasteiger partial charge in [-0.2, -0.15) is 0 Å². The highest BCUT2D eigenvalue weighted by Crippen LogP contribution is 2.20. The van der Waals surface area contributed by atoms with Crippen molar-refractivity contribution in [2.24, 2.45) is 21.1 Å². The average molecular weight is 696 g/mol. The van der Waals surface area contributed by atoms with E-state index in [2.05, 4.69) is 35.4 Å². The number of nitrogens with one attached hydrogen (secondary N) is 6. The van der Waals surface area contributed by atoms with Crippen LogP contribution in [-0.2, 0) is 43.6 Å². The quantitative estimate of drug-likeness (QED) is 0.0442. The standard InChI is InChI=1S/C33H41N9O6.ClH/c1-39(2)12-8-11-34-31(45)26-16-24(19-40(26)3)36-33(47)28-17-25(20-42(28)5)37-32(46)27-15-23(18-41(27)4)35-29(43)13-21-9-6-7-10-22(21)14-30(44)38-48;/h6-7,9-10,15-20,48H,8,11-14H2,1-5H3,(H,34,45)(H,35,43)(H,36,47)(H,37,46)(H,38,44);1H. The number of hydrogen-bond acceptors (Lipinski definition) is 6. The van der Waals surface area contributed by atoms with E-state index in [1.165, 1.54) is 17.0 Å². The van der Waals surface area contributed by atoms with Crippen LogP contribution >= 0.6 is 0 Å². The van der Waals surface area contributed by atoms with E-state index >= 15 is 0 Å². The fourth-order valence-electron chi connectivity index (χ4n) is 5.19. The minimum atomic E-state index is -0.592. The normalized spacial score (nSPS) is 10.7. The van der Waals surface area contributed by atoms with Crippen molar-refractivity contribution < 1.29 is 46.5 Å². The Hall–Kier alpha value is -5.38. The molecular formula is C33H42ClN9O6. The zero-order valence-corrected chi connectivity index (χ0v) is 28.8. The van der Waals surface area contributed by atoms with Crippen molar-refractivity contribution in [2.75, 3.05) is 43.1 Å². The number of amides is 5. The fraction of sp³-hybridized carbons (Fsp3) is 0.303. The SMILES string of the molecule is Cn1cc(NC(=O)c2cc(NC(=O)c3cc(NC(=O)Cc4ccccc4CC(=O)NO)cn3C)cn2C)cc1C(=O)NCCC[NH+](C)C.[Cl-]. The van der Waals surface area contributed by atoms with Gasteiger partial charge in [0.1, 0.15) is 17.1 Å². The molecule has 1 aromatic carbocycles. The van der Waals surface area contributed by atoms with Crippen molar-refractivity contribution in [1.82, 2.24) is 24.5 Å². The minimum Gasteiger partial charge on any atom is -1.00 e. The van der Waals surface area contributed by atoms with E-state index < -0.39 is 17.7 Å². The summed E-state index contributed by atoms with van der Waals surface area (Å²) in [7, 11) is 9.17. The third-order valence-corrected chi connectivity index (χ3v) is 7.60. The van der Waals surface area contributed by atoms with E-state index in [1.54, 1.807) is 89.2 Å². The number of nitrogens with zero attached hydrogens (tertiary/aromatic N) is 3. The number of carbonyl (C=O) groups excluding carboxylic acids is 5. The summed E-state index contributed by atoms with van der Waals surface area (Å²) in [6.07, 6.45) is 5.61. The van der Waals surface area contributed by atoms with Crippen LogP contribution in [0.1, 0.15) is 49.0 Å². The number of hydrogen-bond donors (Lipinski definition) is 7. The maximum atomic E-state index is 13.2. The first-order chi connectivity index (χ1) is 22.8. The first-order valence-electron chi connectivity index (χ1n) is 15.3. The summed E-state index contributed by atoms with van der Waals surface area (Å²) < 4.78 is 4.79. The number of hydroxylamine groups is 1. The molecule has 16 heteroatoms. The second-order valence-electron chi connectivity index (χ2n) is 11.9. The lowest BCUT2D eigenvalue weighted by atomic mass is 10.0. The zero-order chi connectivity index (χ0) is 35.0. The summed E-state index contributed by atoms with van der Waals surface area (Å²) in [4.78, 5) is 64.6. The molecule has 0 fully saturated rings. The molecule has 262 valence electrons. The highest BCUT2D eigenvalue weighted by Gasteiger charge is 2.19. The number of halogens is 1. The molecule has 0 bridgehead atoms. The van der Waals surface area contributed by atoms with Gasteiger partial charge in [-0.1, -0.05) is 24.3 Å². The highest BCUT2D eigenvalue weighted by molar-refractivity contribution is 6.07. The number of carbonyl (C=O) groups is 5. The third kappa shape index (κ3) is 10.3. The molecule has 4 aromatic rings. The van der Waals surface area contributed by atoms with E-state index in [9.17, 15) is 24.0 Å². The van der Waals surface area contributed by atoms with Crippen LogP contribution in [0.4, 0.5) is 17.1 Å². The summed E-state index contributed by atoms with van der Waals surface area (Å²) in [6, 6.07) is 11.6. The van der Waals surface area contributed by atoms with Gasteiger partial charge in [-0.25, -0.2) is 5.48 Å². The van der Waals surface area contributed by atoms with Gasteiger partial charge in [0.2, 0.25) is 11.8 Å². The Kier molecular flexibility index (Phi) is 13.3. The molecule has 0 saturated carbocycles. The zero-order valence-electron chi connectivity index (χ0n) is 28.0. The lowest BCUT2D eigenvalue weighted by molar-refractivity contribution is -0.858. The molecule has 0 unspecified atom stereocenters. The summed E-state index contributed by atoms with van der Waals surface area (Å²) in [6.45, 7) is 1.49. The molecule has 7 N–H and O–H groups in total. The molecule has 0 atom stereocenters. The molecular weight excluding hydrogens is 654 g/mol. The molecule has 3 aromatic heterocycles. The van der Waals surface area contributed by atoms with Crippen LogP contribution in [0.15, 0.2) is 61.1 Å². The maximum Gasteiger partial charge on any atom is 0.272 e. The predicted molar refractivity (Wildman–Crippen MR) is 179 cm³/mol. The second-order valence-corrected chi connectivity index (χ2v) is 11.9. The Morgan fingerprint density at radius 3 is 1.55 bits per heavy atom. The van der Waals surface area contributed by atoms with Crippen molar-refractivity contribution in [3.8, 4) is 0 Å². The molecule has 0 spiro atoms. The Bertz CT molecular complexity index is 1820. The number of aryl methyl sites for hydroxylation is 3. The number of benzene rings is 1. The van der Waals surface area contributed by atoms with Crippen LogP contribution < -0.4 is 44.1 Å². The molecule has 0 radical (unpaired) electrons. The lowest BCUT2D eigenvalue weighted by Crippen LogP contribution is -3.05. The number of rotatable bonds is 14. The largest absolute Gasteiger partial charge is 1.00 e. The van der Waals surface area contributed by atoms with Crippen LogP contribution in [0.3, 0.4) is 0 Å². The van der Waals surface area contributed by atoms with Gasteiger partial charge in [-0.05, 0) is 29.3 Å². The summed E-state index contributed by atoms with van der Waals surface area (Å²) >= 11 is 0. The minimum absolute atomic E-state index is 0. The highest BCUT2D eigenvalue weighted by atomic mass is 35.5. The van der Waals surface area contributed by atoms with E-state index in [-0.39, 0.29) is 48.5 Å². The first-order valence-corrected chi connectivity index (χ1v) is 15.3. The third-order valence-electron chi connectivity index (χ3n) is 7.60. The van der Waals surface area contributed by atoms with Crippen molar-refractivity contribution in [3.63, 3.8) is 0 Å². The Morgan fingerprint density at radius 1 is 0.673 bits per heavy atom. The fourth-order valence-corrected chi connectivity index (χ4v) is 5.19. The lowest BCUT2D eigenvalue weighted by Gasteiger charge is -2.08. The van der Waals surface area contributed by atoms with Gasteiger partial charge >= 0.3 is 0 Å². The van der Waals surface area contributed by atoms with E-state index in [0.29, 0.717) is 40.4 Å². The van der Waals surface area contributed by atoms with Gasteiger partial charge < -0.3 is 52.3 Å². The van der Waals surface area contributed by atoms with Crippen molar-refractivity contribution in [1.29, 1.82) is 0 Å². The van der Waals surface area contributed by atoms with Crippen LogP contribution in [0.2, 0.25) is 0 Å². The Morgan fingerprint density at radius 2 is 1.10 bits per heavy atom. The predicted octanol–water partition coefficient (Wildman–Crippen LogP) is -2.30. The maximum absolute atomic E-state index is 13.2. The monoisotopic (exact) mass is 695 g/mol. The Labute approximate surface area is 290 Å². The number of aromatic nitrogens is 3. The van der Waals surface area contributed by atoms with Gasteiger partial charge in [0.25, 0.3) is 17.7 Å². The molecule has 0 aliphatic rings. The molecule has 0 aliphatic heterocycles. The van der Waals surface area contributed by atoms with Crippen molar-refractivity contribution in [2.45, 2.75) is 19.3 Å². The van der Waals surface area contributed by atoms with E-state index in [4.69, 9.17) is 5.21 Å². The topological polar surface area (TPSA) is 185 Å². The van der Waals surface area contributed by atoms with Gasteiger partial charge in [-0.3, -0.25) is 29.2 Å². The molecule has 5 amide bonds. The number of quaternary nitrogens is 1. The van der Waals surface area contributed by atoms with Gasteiger partial charge in [0, 0.05) is 52.7 Å². The molecule has 3 heterocycles. The van der Waals surface area contributed by atoms with Crippen molar-refractivity contribution >= 4 is 46.6 Å². The summed E-state index contributed by atoms with van der Waals surface area (Å²) in [5, 5.41) is 20.1. The summed E-state index contributed by atoms with van der Waals surface area (Å²) in [5.41, 5.74) is 5.01. The van der Waals surface area contributed by atoms with Crippen LogP contribution in [0, 0.1) is 0 Å². The van der Waals surface area contributed by atoms with Crippen LogP contribution in [-0.4, -0.2) is 75.6 Å². The van der Waals surface area contributed by atoms with E-state index in [0.717, 1.165) is 13.0 Å². The molecule has 15 nitrogen and oxygen atoms in total. The molecule has 4 rings (SSSR count). The summed E-state index contributed by atoms with van der Waals surface area (Å²) in [5.74, 6) is -2.05. The van der Waals surface area contributed by atoms with Crippen molar-refractivity contribution in [3.05, 3.63) is 89.3 Å². The van der Waals surface area contributed by atoms with Gasteiger partial charge in [0.15, 0.2) is 0 Å². The van der Waals surface area contributed by atoms with E-state index in [1.807, 2.05) is 0 Å². The number of anilines is 3. The average Bonchev–Trinajstić information content (AvgIpc) is 3.70. The smallest absolute Gasteiger partial charge is 0.272 e. The van der Waals surface area contributed by atoms with Gasteiger partial charge in [0.05, 0.1) is 50.5 Å². The Balaban J connectivity index is 0.00000650. The first kappa shape index (κ1) is 38.1. The van der Waals surface area contributed by atoms with Crippen LogP contribution in [0.5, 0.6) is 0 Å². The molecule has 0 aliphatic carbocycles. The van der Waals surface area contributed by atoms with Gasteiger partial charge in [-0.15, -0.1) is 0 Å². The molecule has 49 heavy (non-hydrogen) atoms. The van der Waals surface area contributed by atoms with Crippen LogP contribution in [0.25, 0.3) is 0 Å².